The van der Waals surface area contributed by atoms with Crippen LogP contribution in [0.2, 0.25) is 0 Å². The van der Waals surface area contributed by atoms with E-state index in [2.05, 4.69) is 41.9 Å². The number of nitrogens with two attached hydrogens (primary N) is 4. The van der Waals surface area contributed by atoms with Gasteiger partial charge >= 0.3 is 5.97 Å². The average Bonchev–Trinajstić information content (AvgIpc) is 3.62. The Morgan fingerprint density at radius 3 is 1.85 bits per heavy atom. The lowest BCUT2D eigenvalue weighted by Crippen LogP contribution is -2.61. The van der Waals surface area contributed by atoms with Crippen molar-refractivity contribution in [2.24, 2.45) is 22.9 Å². The quantitative estimate of drug-likeness (QED) is 0.0388. The molecular formula is C31H52N12O12. The molecule has 55 heavy (non-hydrogen) atoms. The molecule has 24 nitrogen and oxygen atoms in total. The van der Waals surface area contributed by atoms with Crippen LogP contribution in [0.1, 0.15) is 58.1 Å². The summed E-state index contributed by atoms with van der Waals surface area (Å²) in [5, 5.41) is 43.0. The van der Waals surface area contributed by atoms with Gasteiger partial charge < -0.3 is 75.1 Å². The molecule has 0 aliphatic heterocycles. The van der Waals surface area contributed by atoms with Crippen molar-refractivity contribution in [2.75, 3.05) is 13.2 Å². The lowest BCUT2D eigenvalue weighted by Gasteiger charge is -2.26. The summed E-state index contributed by atoms with van der Waals surface area (Å²) in [5.41, 5.74) is 21.9. The van der Waals surface area contributed by atoms with Crippen molar-refractivity contribution in [3.63, 3.8) is 0 Å². The highest BCUT2D eigenvalue weighted by atomic mass is 16.4. The molecule has 308 valence electrons. The highest BCUT2D eigenvalue weighted by Crippen LogP contribution is 2.05. The second-order valence-corrected chi connectivity index (χ2v) is 12.6. The SMILES string of the molecule is C[C@H](NC(=O)[C@@H](NC(=O)[C@@H](N)CCCCN)[C@@H](C)O)C(=O)N[C@@H](CO)C(=O)N[C@@H](Cc1cnc[nH]1)C(=O)N[C@@H](CC(N)=O)C(=O)N[C@@H](CCC(N)=O)C(=O)O. The van der Waals surface area contributed by atoms with Gasteiger partial charge in [0.05, 0.1) is 31.5 Å². The molecule has 0 bridgehead atoms. The van der Waals surface area contributed by atoms with Crippen LogP contribution in [0.4, 0.5) is 0 Å². The van der Waals surface area contributed by atoms with Gasteiger partial charge in [-0.2, -0.15) is 0 Å². The molecular weight excluding hydrogens is 732 g/mol. The second kappa shape index (κ2) is 23.8. The van der Waals surface area contributed by atoms with Crippen LogP contribution in [-0.2, 0) is 49.6 Å². The Balaban J connectivity index is 3.09. The molecule has 1 aromatic heterocycles. The van der Waals surface area contributed by atoms with E-state index in [0.29, 0.717) is 19.4 Å². The predicted molar refractivity (Wildman–Crippen MR) is 189 cm³/mol. The fourth-order valence-electron chi connectivity index (χ4n) is 4.76. The summed E-state index contributed by atoms with van der Waals surface area (Å²) in [6.45, 7) is 1.81. The van der Waals surface area contributed by atoms with Crippen molar-refractivity contribution in [3.05, 3.63) is 18.2 Å². The minimum atomic E-state index is -1.76. The Morgan fingerprint density at radius 2 is 1.33 bits per heavy atom. The van der Waals surface area contributed by atoms with E-state index in [1.165, 1.54) is 26.4 Å². The van der Waals surface area contributed by atoms with Crippen LogP contribution in [0.15, 0.2) is 12.5 Å². The zero-order chi connectivity index (χ0) is 41.8. The first kappa shape index (κ1) is 47.3. The van der Waals surface area contributed by atoms with Crippen LogP contribution < -0.4 is 54.8 Å². The number of aromatic amines is 1. The number of nitrogens with zero attached hydrogens (tertiary/aromatic N) is 1. The van der Waals surface area contributed by atoms with Crippen molar-refractivity contribution in [3.8, 4) is 0 Å². The van der Waals surface area contributed by atoms with Crippen LogP contribution in [0.25, 0.3) is 0 Å². The number of aliphatic hydroxyl groups is 2. The molecule has 0 spiro atoms. The number of hydrogen-bond acceptors (Lipinski definition) is 14. The molecule has 0 fully saturated rings. The smallest absolute Gasteiger partial charge is 0.326 e. The molecule has 1 aromatic rings. The Morgan fingerprint density at radius 1 is 0.745 bits per heavy atom. The van der Waals surface area contributed by atoms with Crippen molar-refractivity contribution >= 4 is 53.2 Å². The predicted octanol–water partition coefficient (Wildman–Crippen LogP) is -7.06. The molecule has 0 aromatic carbocycles. The molecule has 8 atom stereocenters. The average molecular weight is 785 g/mol. The summed E-state index contributed by atoms with van der Waals surface area (Å²) in [4.78, 5) is 119. The molecule has 1 heterocycles. The lowest BCUT2D eigenvalue weighted by atomic mass is 10.1. The number of carboxylic acid groups (broad SMARTS) is 1. The number of carbonyl (C=O) groups excluding carboxylic acids is 8. The molecule has 1 rings (SSSR count). The number of primary amides is 2. The lowest BCUT2D eigenvalue weighted by molar-refractivity contribution is -0.142. The fourth-order valence-corrected chi connectivity index (χ4v) is 4.76. The van der Waals surface area contributed by atoms with E-state index in [1.807, 2.05) is 0 Å². The molecule has 0 aliphatic rings. The molecule has 0 saturated heterocycles. The van der Waals surface area contributed by atoms with Gasteiger partial charge in [-0.25, -0.2) is 9.78 Å². The number of aliphatic carboxylic acids is 1. The number of imidazole rings is 1. The normalized spacial score (nSPS) is 15.3. The number of rotatable bonds is 26. The zero-order valence-electron chi connectivity index (χ0n) is 30.4. The number of H-pyrrole nitrogens is 1. The number of carboxylic acids is 1. The molecule has 0 saturated carbocycles. The fraction of sp³-hybridized carbons (Fsp3) is 0.613. The van der Waals surface area contributed by atoms with Gasteiger partial charge in [-0.3, -0.25) is 38.4 Å². The zero-order valence-corrected chi connectivity index (χ0v) is 30.4. The van der Waals surface area contributed by atoms with E-state index in [1.54, 1.807) is 0 Å². The maximum Gasteiger partial charge on any atom is 0.326 e. The summed E-state index contributed by atoms with van der Waals surface area (Å²) in [6.07, 6.45) is 0.603. The summed E-state index contributed by atoms with van der Waals surface area (Å²) in [7, 11) is 0. The van der Waals surface area contributed by atoms with Gasteiger partial charge in [0.2, 0.25) is 47.3 Å². The molecule has 18 N–H and O–H groups in total. The van der Waals surface area contributed by atoms with Gasteiger partial charge in [0.25, 0.3) is 0 Å². The third kappa shape index (κ3) is 17.3. The number of carbonyl (C=O) groups is 9. The Kier molecular flexibility index (Phi) is 20.5. The second-order valence-electron chi connectivity index (χ2n) is 12.6. The van der Waals surface area contributed by atoms with E-state index in [4.69, 9.17) is 22.9 Å². The van der Waals surface area contributed by atoms with Gasteiger partial charge in [-0.15, -0.1) is 0 Å². The van der Waals surface area contributed by atoms with Gasteiger partial charge in [0, 0.05) is 24.7 Å². The van der Waals surface area contributed by atoms with Crippen LogP contribution in [0, 0.1) is 0 Å². The minimum absolute atomic E-state index is 0.265. The largest absolute Gasteiger partial charge is 0.480 e. The Hall–Kier alpha value is -5.72. The first-order chi connectivity index (χ1) is 25.8. The topological polar surface area (TPSA) is 419 Å². The van der Waals surface area contributed by atoms with Crippen molar-refractivity contribution in [2.45, 2.75) is 107 Å². The van der Waals surface area contributed by atoms with Crippen molar-refractivity contribution in [1.82, 2.24) is 41.9 Å². The number of amides is 8. The third-order valence-corrected chi connectivity index (χ3v) is 7.88. The standard InChI is InChI=1S/C31H52N12O12/c1-14(38-30(53)24(15(2)45)43-26(49)17(33)5-3-4-8-32)25(48)42-21(12-44)29(52)40-19(9-16-11-36-13-37-16)27(50)41-20(10-23(35)47)28(51)39-18(31(54)55)6-7-22(34)46/h11,13-15,17-21,24,44-45H,3-10,12,32-33H2,1-2H3,(H2,34,46)(H2,35,47)(H,36,37)(H,38,53)(H,39,51)(H,40,52)(H,41,50)(H,42,48)(H,43,49)(H,54,55)/t14-,15+,17-,18-,19-,20-,21-,24-/m0/s1. The Bertz CT molecular complexity index is 1490. The van der Waals surface area contributed by atoms with Gasteiger partial charge in [0.15, 0.2) is 0 Å². The summed E-state index contributed by atoms with van der Waals surface area (Å²) in [6, 6.07) is -10.6. The number of hydrogen-bond donors (Lipinski definition) is 14. The third-order valence-electron chi connectivity index (χ3n) is 7.88. The molecule has 8 amide bonds. The first-order valence-electron chi connectivity index (χ1n) is 17.1. The van der Waals surface area contributed by atoms with Gasteiger partial charge in [0.1, 0.15) is 36.3 Å². The summed E-state index contributed by atoms with van der Waals surface area (Å²) < 4.78 is 0. The number of aliphatic hydroxyl groups excluding tert-OH is 2. The maximum absolute atomic E-state index is 13.5. The van der Waals surface area contributed by atoms with E-state index in [-0.39, 0.29) is 18.5 Å². The van der Waals surface area contributed by atoms with E-state index in [9.17, 15) is 58.5 Å². The highest BCUT2D eigenvalue weighted by molar-refractivity contribution is 5.98. The van der Waals surface area contributed by atoms with Gasteiger partial charge in [-0.1, -0.05) is 6.42 Å². The van der Waals surface area contributed by atoms with Crippen LogP contribution >= 0.6 is 0 Å². The van der Waals surface area contributed by atoms with E-state index < -0.39 is 127 Å². The van der Waals surface area contributed by atoms with E-state index >= 15 is 0 Å². The first-order valence-corrected chi connectivity index (χ1v) is 17.1. The molecule has 0 unspecified atom stereocenters. The van der Waals surface area contributed by atoms with Crippen LogP contribution in [0.3, 0.4) is 0 Å². The van der Waals surface area contributed by atoms with Crippen LogP contribution in [0.5, 0.6) is 0 Å². The number of nitrogens with one attached hydrogen (secondary N) is 7. The minimum Gasteiger partial charge on any atom is -0.480 e. The molecule has 0 aliphatic carbocycles. The number of unbranched alkanes of at least 4 members (excludes halogenated alkanes) is 1. The van der Waals surface area contributed by atoms with Crippen LogP contribution in [-0.4, -0.2) is 140 Å². The highest BCUT2D eigenvalue weighted by Gasteiger charge is 2.34. The Labute approximate surface area is 315 Å². The maximum atomic E-state index is 13.5. The van der Waals surface area contributed by atoms with E-state index in [0.717, 1.165) is 0 Å². The monoisotopic (exact) mass is 784 g/mol. The van der Waals surface area contributed by atoms with Crippen molar-refractivity contribution < 1.29 is 58.5 Å². The summed E-state index contributed by atoms with van der Waals surface area (Å²) >= 11 is 0. The van der Waals surface area contributed by atoms with Gasteiger partial charge in [-0.05, 0) is 39.7 Å². The molecule has 24 heteroatoms. The summed E-state index contributed by atoms with van der Waals surface area (Å²) in [5.74, 6) is -9.57. The van der Waals surface area contributed by atoms with Crippen molar-refractivity contribution in [1.29, 1.82) is 0 Å². The molecule has 0 radical (unpaired) electrons. The number of aromatic nitrogens is 2.